The molecular formula is C20H19N5O2. The fourth-order valence-corrected chi connectivity index (χ4v) is 2.55. The second-order valence-corrected chi connectivity index (χ2v) is 5.75. The summed E-state index contributed by atoms with van der Waals surface area (Å²) in [7, 11) is 1.56. The first kappa shape index (κ1) is 18.2. The number of pyridine rings is 1. The summed E-state index contributed by atoms with van der Waals surface area (Å²) in [5.74, 6) is 0.0574. The van der Waals surface area contributed by atoms with Crippen LogP contribution in [0.5, 0.6) is 0 Å². The number of rotatable bonds is 6. The second-order valence-electron chi connectivity index (χ2n) is 5.75. The molecule has 7 nitrogen and oxygen atoms in total. The molecule has 0 saturated heterocycles. The van der Waals surface area contributed by atoms with E-state index in [9.17, 15) is 9.59 Å². The van der Waals surface area contributed by atoms with Crippen LogP contribution in [-0.2, 0) is 6.42 Å². The predicted molar refractivity (Wildman–Crippen MR) is 101 cm³/mol. The Kier molecular flexibility index (Phi) is 5.84. The highest BCUT2D eigenvalue weighted by Gasteiger charge is 2.15. The topological polar surface area (TPSA) is 96.9 Å². The maximum Gasteiger partial charge on any atom is 0.254 e. The zero-order chi connectivity index (χ0) is 19.1. The van der Waals surface area contributed by atoms with Crippen LogP contribution in [0.15, 0.2) is 61.1 Å². The van der Waals surface area contributed by atoms with Gasteiger partial charge in [-0.15, -0.1) is 0 Å². The molecule has 0 fully saturated rings. The van der Waals surface area contributed by atoms with Gasteiger partial charge in [-0.25, -0.2) is 9.97 Å². The Hall–Kier alpha value is -3.61. The molecule has 136 valence electrons. The Morgan fingerprint density at radius 3 is 2.52 bits per heavy atom. The van der Waals surface area contributed by atoms with E-state index >= 15 is 0 Å². The highest BCUT2D eigenvalue weighted by molar-refractivity contribution is 5.95. The molecule has 3 rings (SSSR count). The van der Waals surface area contributed by atoms with Gasteiger partial charge in [0.05, 0.1) is 16.8 Å². The molecule has 1 aromatic carbocycles. The van der Waals surface area contributed by atoms with Crippen LogP contribution in [0.1, 0.15) is 26.4 Å². The summed E-state index contributed by atoms with van der Waals surface area (Å²) in [5, 5.41) is 5.41. The number of aromatic nitrogens is 3. The number of carbonyl (C=O) groups excluding carboxylic acids is 2. The lowest BCUT2D eigenvalue weighted by Crippen LogP contribution is -2.27. The molecule has 0 saturated carbocycles. The number of amides is 2. The van der Waals surface area contributed by atoms with Crippen LogP contribution in [0.3, 0.4) is 0 Å². The van der Waals surface area contributed by atoms with Crippen LogP contribution >= 0.6 is 0 Å². The van der Waals surface area contributed by atoms with Gasteiger partial charge in [0.15, 0.2) is 5.82 Å². The summed E-state index contributed by atoms with van der Waals surface area (Å²) in [6, 6.07) is 12.9. The normalized spacial score (nSPS) is 10.3. The van der Waals surface area contributed by atoms with Gasteiger partial charge in [-0.3, -0.25) is 14.6 Å². The summed E-state index contributed by atoms with van der Waals surface area (Å²) in [4.78, 5) is 37.0. The Bertz CT molecular complexity index is 930. The first-order valence-electron chi connectivity index (χ1n) is 8.50. The van der Waals surface area contributed by atoms with Gasteiger partial charge in [0.1, 0.15) is 0 Å². The highest BCUT2D eigenvalue weighted by Crippen LogP contribution is 2.16. The Labute approximate surface area is 156 Å². The SMILES string of the molecule is CNC(=O)c1cnc(-c2ccccc2)nc1CCNC(=O)c1cccnc1. The number of hydrogen-bond acceptors (Lipinski definition) is 5. The molecule has 0 radical (unpaired) electrons. The third kappa shape index (κ3) is 4.52. The van der Waals surface area contributed by atoms with Crippen LogP contribution in [0.2, 0.25) is 0 Å². The smallest absolute Gasteiger partial charge is 0.254 e. The maximum absolute atomic E-state index is 12.1. The average Bonchev–Trinajstić information content (AvgIpc) is 2.74. The van der Waals surface area contributed by atoms with Gasteiger partial charge in [-0.05, 0) is 12.1 Å². The van der Waals surface area contributed by atoms with E-state index in [0.29, 0.717) is 35.6 Å². The van der Waals surface area contributed by atoms with Crippen LogP contribution in [0, 0.1) is 0 Å². The van der Waals surface area contributed by atoms with Crippen molar-refractivity contribution < 1.29 is 9.59 Å². The molecule has 3 aromatic rings. The van der Waals surface area contributed by atoms with Crippen molar-refractivity contribution in [2.24, 2.45) is 0 Å². The minimum Gasteiger partial charge on any atom is -0.355 e. The largest absolute Gasteiger partial charge is 0.355 e. The van der Waals surface area contributed by atoms with E-state index in [-0.39, 0.29) is 11.8 Å². The lowest BCUT2D eigenvalue weighted by atomic mass is 10.1. The monoisotopic (exact) mass is 361 g/mol. The molecule has 0 unspecified atom stereocenters. The molecule has 0 aliphatic carbocycles. The zero-order valence-electron chi connectivity index (χ0n) is 14.8. The van der Waals surface area contributed by atoms with Crippen molar-refractivity contribution in [1.82, 2.24) is 25.6 Å². The molecule has 2 aromatic heterocycles. The van der Waals surface area contributed by atoms with Crippen molar-refractivity contribution >= 4 is 11.8 Å². The van der Waals surface area contributed by atoms with E-state index in [0.717, 1.165) is 5.56 Å². The lowest BCUT2D eigenvalue weighted by Gasteiger charge is -2.10. The van der Waals surface area contributed by atoms with Crippen molar-refractivity contribution in [2.45, 2.75) is 6.42 Å². The van der Waals surface area contributed by atoms with E-state index in [2.05, 4.69) is 25.6 Å². The summed E-state index contributed by atoms with van der Waals surface area (Å²) in [6.45, 7) is 0.336. The molecule has 0 bridgehead atoms. The molecule has 7 heteroatoms. The summed E-state index contributed by atoms with van der Waals surface area (Å²) >= 11 is 0. The number of nitrogens with one attached hydrogen (secondary N) is 2. The Morgan fingerprint density at radius 1 is 1.00 bits per heavy atom. The number of hydrogen-bond donors (Lipinski definition) is 2. The molecule has 0 aliphatic rings. The van der Waals surface area contributed by atoms with Crippen molar-refractivity contribution in [1.29, 1.82) is 0 Å². The van der Waals surface area contributed by atoms with Crippen LogP contribution in [-0.4, -0.2) is 40.4 Å². The molecule has 27 heavy (non-hydrogen) atoms. The third-order valence-corrected chi connectivity index (χ3v) is 3.94. The molecule has 0 atom stereocenters. The molecule has 2 heterocycles. The summed E-state index contributed by atoms with van der Waals surface area (Å²) in [6.07, 6.45) is 5.03. The average molecular weight is 361 g/mol. The van der Waals surface area contributed by atoms with Crippen molar-refractivity contribution in [3.05, 3.63) is 77.9 Å². The minimum atomic E-state index is -0.261. The van der Waals surface area contributed by atoms with E-state index in [1.54, 1.807) is 25.4 Å². The Balaban J connectivity index is 1.77. The first-order valence-corrected chi connectivity index (χ1v) is 8.50. The zero-order valence-corrected chi connectivity index (χ0v) is 14.8. The van der Waals surface area contributed by atoms with Gasteiger partial charge in [-0.1, -0.05) is 30.3 Å². The second kappa shape index (κ2) is 8.66. The minimum absolute atomic E-state index is 0.220. The standard InChI is InChI=1S/C20H19N5O2/c1-21-20(27)16-13-24-18(14-6-3-2-4-7-14)25-17(16)9-11-23-19(26)15-8-5-10-22-12-15/h2-8,10,12-13H,9,11H2,1H3,(H,21,27)(H,23,26). The molecule has 2 amide bonds. The van der Waals surface area contributed by atoms with Crippen molar-refractivity contribution in [3.63, 3.8) is 0 Å². The first-order chi connectivity index (χ1) is 13.2. The van der Waals surface area contributed by atoms with Gasteiger partial charge >= 0.3 is 0 Å². The Morgan fingerprint density at radius 2 is 1.81 bits per heavy atom. The fourth-order valence-electron chi connectivity index (χ4n) is 2.55. The molecular weight excluding hydrogens is 342 g/mol. The van der Waals surface area contributed by atoms with Gasteiger partial charge in [0, 0.05) is 44.2 Å². The van der Waals surface area contributed by atoms with E-state index in [4.69, 9.17) is 0 Å². The highest BCUT2D eigenvalue weighted by atomic mass is 16.2. The van der Waals surface area contributed by atoms with E-state index < -0.39 is 0 Å². The van der Waals surface area contributed by atoms with Crippen molar-refractivity contribution in [3.8, 4) is 11.4 Å². The van der Waals surface area contributed by atoms with Gasteiger partial charge in [0.25, 0.3) is 11.8 Å². The van der Waals surface area contributed by atoms with Gasteiger partial charge in [0.2, 0.25) is 0 Å². The van der Waals surface area contributed by atoms with Crippen LogP contribution in [0.4, 0.5) is 0 Å². The number of benzene rings is 1. The van der Waals surface area contributed by atoms with Crippen LogP contribution < -0.4 is 10.6 Å². The quantitative estimate of drug-likeness (QED) is 0.699. The van der Waals surface area contributed by atoms with Gasteiger partial charge in [-0.2, -0.15) is 0 Å². The number of nitrogens with zero attached hydrogens (tertiary/aromatic N) is 3. The molecule has 2 N–H and O–H groups in total. The van der Waals surface area contributed by atoms with Gasteiger partial charge < -0.3 is 10.6 Å². The predicted octanol–water partition coefficient (Wildman–Crippen LogP) is 1.87. The summed E-state index contributed by atoms with van der Waals surface area (Å²) < 4.78 is 0. The molecule has 0 spiro atoms. The summed E-state index contributed by atoms with van der Waals surface area (Å²) in [5.41, 5.74) is 2.32. The molecule has 0 aliphatic heterocycles. The third-order valence-electron chi connectivity index (χ3n) is 3.94. The van der Waals surface area contributed by atoms with Crippen molar-refractivity contribution in [2.75, 3.05) is 13.6 Å². The maximum atomic E-state index is 12.1. The van der Waals surface area contributed by atoms with Crippen LogP contribution in [0.25, 0.3) is 11.4 Å². The van der Waals surface area contributed by atoms with E-state index in [1.807, 2.05) is 30.3 Å². The van der Waals surface area contributed by atoms with E-state index in [1.165, 1.54) is 12.4 Å². The fraction of sp³-hybridized carbons (Fsp3) is 0.150. The lowest BCUT2D eigenvalue weighted by molar-refractivity contribution is 0.0951. The number of carbonyl (C=O) groups is 2.